The van der Waals surface area contributed by atoms with Gasteiger partial charge in [0.25, 0.3) is 11.6 Å². The molecule has 0 aromatic heterocycles. The molecule has 2 unspecified atom stereocenters. The van der Waals surface area contributed by atoms with Gasteiger partial charge in [-0.05, 0) is 25.5 Å². The molecule has 1 aromatic carbocycles. The van der Waals surface area contributed by atoms with Gasteiger partial charge in [-0.1, -0.05) is 6.07 Å². The summed E-state index contributed by atoms with van der Waals surface area (Å²) in [6.45, 7) is 3.91. The number of carbonyl (C=O) groups excluding carboxylic acids is 1. The van der Waals surface area contributed by atoms with E-state index in [1.54, 1.807) is 19.9 Å². The Kier molecular flexibility index (Phi) is 4.24. The second-order valence-corrected chi connectivity index (χ2v) is 5.33. The van der Waals surface area contributed by atoms with Gasteiger partial charge in [-0.2, -0.15) is 0 Å². The van der Waals surface area contributed by atoms with Crippen molar-refractivity contribution in [3.63, 3.8) is 0 Å². The Morgan fingerprint density at radius 2 is 2.33 bits per heavy atom. The Morgan fingerprint density at radius 3 is 2.90 bits per heavy atom. The number of hydrogen-bond acceptors (Lipinski definition) is 5. The summed E-state index contributed by atoms with van der Waals surface area (Å²) in [5.41, 5.74) is -0.633. The normalized spacial score (nSPS) is 24.8. The van der Waals surface area contributed by atoms with Crippen molar-refractivity contribution in [2.45, 2.75) is 32.0 Å². The highest BCUT2D eigenvalue weighted by atomic mass is 16.6. The lowest BCUT2D eigenvalue weighted by Gasteiger charge is -2.26. The number of nitrogens with one attached hydrogen (secondary N) is 1. The highest BCUT2D eigenvalue weighted by Gasteiger charge is 2.40. The summed E-state index contributed by atoms with van der Waals surface area (Å²) < 4.78 is 5.28. The molecule has 2 rings (SSSR count). The molecule has 0 saturated carbocycles. The van der Waals surface area contributed by atoms with E-state index in [4.69, 9.17) is 4.74 Å². The summed E-state index contributed by atoms with van der Waals surface area (Å²) in [7, 11) is 0. The van der Waals surface area contributed by atoms with E-state index in [-0.39, 0.29) is 23.9 Å². The molecule has 1 aliphatic heterocycles. The van der Waals surface area contributed by atoms with Crippen LogP contribution < -0.4 is 5.32 Å². The number of nitrogens with zero attached hydrogens (tertiary/aromatic N) is 1. The van der Waals surface area contributed by atoms with Crippen LogP contribution in [-0.4, -0.2) is 40.8 Å². The molecule has 1 heterocycles. The molecule has 0 bridgehead atoms. The zero-order valence-corrected chi connectivity index (χ0v) is 12.0. The molecule has 1 fully saturated rings. The molecule has 0 radical (unpaired) electrons. The lowest BCUT2D eigenvalue weighted by atomic mass is 9.96. The topological polar surface area (TPSA) is 102 Å². The van der Waals surface area contributed by atoms with Crippen LogP contribution >= 0.6 is 0 Å². The number of carbonyl (C=O) groups is 1. The molecule has 1 aliphatic rings. The van der Waals surface area contributed by atoms with E-state index in [0.717, 1.165) is 5.56 Å². The lowest BCUT2D eigenvalue weighted by molar-refractivity contribution is -0.385. The van der Waals surface area contributed by atoms with E-state index in [9.17, 15) is 20.0 Å². The van der Waals surface area contributed by atoms with Crippen LogP contribution in [0.1, 0.15) is 29.3 Å². The number of ether oxygens (including phenoxy) is 1. The zero-order chi connectivity index (χ0) is 15.6. The fourth-order valence-corrected chi connectivity index (χ4v) is 2.32. The van der Waals surface area contributed by atoms with Gasteiger partial charge >= 0.3 is 0 Å². The standard InChI is InChI=1S/C14H18N2O5/c1-9-3-4-12(16(19)20)11(7-9)13(17)15-8-14(18)5-6-21-10(14)2/h3-4,7,10,18H,5-6,8H2,1-2H3,(H,15,17). The van der Waals surface area contributed by atoms with Crippen LogP contribution in [0.2, 0.25) is 0 Å². The van der Waals surface area contributed by atoms with Gasteiger partial charge in [0, 0.05) is 25.6 Å². The number of nitro benzene ring substituents is 1. The zero-order valence-electron chi connectivity index (χ0n) is 12.0. The molecule has 7 nitrogen and oxygen atoms in total. The van der Waals surface area contributed by atoms with Gasteiger partial charge in [-0.15, -0.1) is 0 Å². The lowest BCUT2D eigenvalue weighted by Crippen LogP contribution is -2.47. The number of rotatable bonds is 4. The van der Waals surface area contributed by atoms with Crippen molar-refractivity contribution in [2.24, 2.45) is 0 Å². The van der Waals surface area contributed by atoms with E-state index < -0.39 is 16.4 Å². The maximum atomic E-state index is 12.2. The number of aryl methyl sites for hydroxylation is 1. The molecule has 2 atom stereocenters. The van der Waals surface area contributed by atoms with E-state index in [0.29, 0.717) is 13.0 Å². The van der Waals surface area contributed by atoms with E-state index >= 15 is 0 Å². The molecule has 1 saturated heterocycles. The van der Waals surface area contributed by atoms with Crippen LogP contribution in [0.3, 0.4) is 0 Å². The Hall–Kier alpha value is -1.99. The number of aliphatic hydroxyl groups is 1. The third-order valence-electron chi connectivity index (χ3n) is 3.81. The molecule has 1 amide bonds. The first kappa shape index (κ1) is 15.4. The van der Waals surface area contributed by atoms with Gasteiger partial charge in [0.05, 0.1) is 11.0 Å². The molecule has 2 N–H and O–H groups in total. The minimum atomic E-state index is -1.13. The van der Waals surface area contributed by atoms with Gasteiger partial charge in [0.15, 0.2) is 0 Å². The average Bonchev–Trinajstić information content (AvgIpc) is 2.76. The van der Waals surface area contributed by atoms with Crippen molar-refractivity contribution in [3.8, 4) is 0 Å². The van der Waals surface area contributed by atoms with Crippen molar-refractivity contribution in [3.05, 3.63) is 39.4 Å². The quantitative estimate of drug-likeness (QED) is 0.641. The Balaban J connectivity index is 2.14. The second kappa shape index (κ2) is 5.79. The summed E-state index contributed by atoms with van der Waals surface area (Å²) >= 11 is 0. The van der Waals surface area contributed by atoms with Gasteiger partial charge < -0.3 is 15.2 Å². The van der Waals surface area contributed by atoms with Gasteiger partial charge in [-0.25, -0.2) is 0 Å². The fourth-order valence-electron chi connectivity index (χ4n) is 2.32. The van der Waals surface area contributed by atoms with Crippen LogP contribution in [0.4, 0.5) is 5.69 Å². The largest absolute Gasteiger partial charge is 0.385 e. The Labute approximate surface area is 122 Å². The molecule has 0 aliphatic carbocycles. The minimum Gasteiger partial charge on any atom is -0.385 e. The SMILES string of the molecule is Cc1ccc([N+](=O)[O-])c(C(=O)NCC2(O)CCOC2C)c1. The third kappa shape index (κ3) is 3.20. The summed E-state index contributed by atoms with van der Waals surface area (Å²) in [4.78, 5) is 22.5. The Bertz CT molecular complexity index is 574. The number of nitro groups is 1. The predicted molar refractivity (Wildman–Crippen MR) is 75.1 cm³/mol. The Morgan fingerprint density at radius 1 is 1.62 bits per heavy atom. The van der Waals surface area contributed by atoms with Crippen molar-refractivity contribution < 1.29 is 19.6 Å². The maximum Gasteiger partial charge on any atom is 0.282 e. The molecule has 0 spiro atoms. The summed E-state index contributed by atoms with van der Waals surface area (Å²) in [5, 5.41) is 23.8. The van der Waals surface area contributed by atoms with Crippen LogP contribution in [0, 0.1) is 17.0 Å². The first-order valence-electron chi connectivity index (χ1n) is 6.71. The van der Waals surface area contributed by atoms with E-state index in [1.165, 1.54) is 12.1 Å². The highest BCUT2D eigenvalue weighted by molar-refractivity contribution is 5.98. The summed E-state index contributed by atoms with van der Waals surface area (Å²) in [6.07, 6.45) is 0.0370. The van der Waals surface area contributed by atoms with Crippen molar-refractivity contribution in [1.82, 2.24) is 5.32 Å². The molecule has 7 heteroatoms. The second-order valence-electron chi connectivity index (χ2n) is 5.33. The summed E-state index contributed by atoms with van der Waals surface area (Å²) in [5.74, 6) is -0.571. The van der Waals surface area contributed by atoms with E-state index in [2.05, 4.69) is 5.32 Å². The number of amides is 1. The molecule has 114 valence electrons. The van der Waals surface area contributed by atoms with Crippen LogP contribution in [0.15, 0.2) is 18.2 Å². The molecule has 21 heavy (non-hydrogen) atoms. The summed E-state index contributed by atoms with van der Waals surface area (Å²) in [6, 6.07) is 4.35. The third-order valence-corrected chi connectivity index (χ3v) is 3.81. The first-order chi connectivity index (χ1) is 9.83. The highest BCUT2D eigenvalue weighted by Crippen LogP contribution is 2.25. The van der Waals surface area contributed by atoms with Gasteiger partial charge in [0.1, 0.15) is 11.2 Å². The monoisotopic (exact) mass is 294 g/mol. The van der Waals surface area contributed by atoms with Crippen LogP contribution in [0.5, 0.6) is 0 Å². The van der Waals surface area contributed by atoms with Crippen molar-refractivity contribution >= 4 is 11.6 Å². The smallest absolute Gasteiger partial charge is 0.282 e. The predicted octanol–water partition coefficient (Wildman–Crippen LogP) is 1.17. The minimum absolute atomic E-state index is 0.00189. The van der Waals surface area contributed by atoms with Crippen molar-refractivity contribution in [1.29, 1.82) is 0 Å². The molecular formula is C14H18N2O5. The fraction of sp³-hybridized carbons (Fsp3) is 0.500. The number of benzene rings is 1. The van der Waals surface area contributed by atoms with Crippen molar-refractivity contribution in [2.75, 3.05) is 13.2 Å². The van der Waals surface area contributed by atoms with Gasteiger partial charge in [0.2, 0.25) is 0 Å². The van der Waals surface area contributed by atoms with Gasteiger partial charge in [-0.3, -0.25) is 14.9 Å². The number of hydrogen-bond donors (Lipinski definition) is 2. The first-order valence-corrected chi connectivity index (χ1v) is 6.71. The maximum absolute atomic E-state index is 12.2. The average molecular weight is 294 g/mol. The van der Waals surface area contributed by atoms with Crippen LogP contribution in [0.25, 0.3) is 0 Å². The van der Waals surface area contributed by atoms with E-state index in [1.807, 2.05) is 0 Å². The molecular weight excluding hydrogens is 276 g/mol. The molecule has 1 aromatic rings. The van der Waals surface area contributed by atoms with Crippen LogP contribution in [-0.2, 0) is 4.74 Å².